The van der Waals surface area contributed by atoms with Crippen molar-refractivity contribution in [2.75, 3.05) is 18.5 Å². The van der Waals surface area contributed by atoms with E-state index in [0.717, 1.165) is 24.5 Å². The second-order valence-electron chi connectivity index (χ2n) is 6.18. The molecule has 0 saturated carbocycles. The number of benzene rings is 2. The van der Waals surface area contributed by atoms with Gasteiger partial charge in [-0.1, -0.05) is 56.0 Å². The van der Waals surface area contributed by atoms with Gasteiger partial charge in [-0.2, -0.15) is 0 Å². The molecule has 2 aromatic carbocycles. The molecule has 0 aromatic heterocycles. The van der Waals surface area contributed by atoms with Gasteiger partial charge in [-0.05, 0) is 37.6 Å². The van der Waals surface area contributed by atoms with Crippen LogP contribution in [-0.2, 0) is 0 Å². The summed E-state index contributed by atoms with van der Waals surface area (Å²) in [6.07, 6.45) is 4.85. The highest BCUT2D eigenvalue weighted by Gasteiger charge is 2.07. The first kappa shape index (κ1) is 19.5. The SMILES string of the molecule is CCCCCCOc1cccc(NCC(C)Oc2ccccc2Cl)c1. The largest absolute Gasteiger partial charge is 0.494 e. The Hall–Kier alpha value is -1.87. The van der Waals surface area contributed by atoms with E-state index in [2.05, 4.69) is 12.2 Å². The van der Waals surface area contributed by atoms with Gasteiger partial charge in [-0.25, -0.2) is 0 Å². The van der Waals surface area contributed by atoms with Crippen LogP contribution < -0.4 is 14.8 Å². The summed E-state index contributed by atoms with van der Waals surface area (Å²) in [6, 6.07) is 15.6. The van der Waals surface area contributed by atoms with E-state index in [0.29, 0.717) is 17.3 Å². The Morgan fingerprint density at radius 1 is 1.04 bits per heavy atom. The Labute approximate surface area is 156 Å². The summed E-state index contributed by atoms with van der Waals surface area (Å²) >= 11 is 6.12. The summed E-state index contributed by atoms with van der Waals surface area (Å²) in [5, 5.41) is 4.02. The quantitative estimate of drug-likeness (QED) is 0.485. The van der Waals surface area contributed by atoms with Crippen molar-refractivity contribution in [3.8, 4) is 11.5 Å². The van der Waals surface area contributed by atoms with Crippen molar-refractivity contribution in [3.63, 3.8) is 0 Å². The first-order chi connectivity index (χ1) is 12.2. The molecule has 0 radical (unpaired) electrons. The molecule has 2 aromatic rings. The number of unbranched alkanes of at least 4 members (excludes halogenated alkanes) is 3. The van der Waals surface area contributed by atoms with Gasteiger partial charge in [0.25, 0.3) is 0 Å². The van der Waals surface area contributed by atoms with Crippen LogP contribution in [0.25, 0.3) is 0 Å². The van der Waals surface area contributed by atoms with Gasteiger partial charge in [0.2, 0.25) is 0 Å². The lowest BCUT2D eigenvalue weighted by atomic mass is 10.2. The topological polar surface area (TPSA) is 30.5 Å². The van der Waals surface area contributed by atoms with Gasteiger partial charge >= 0.3 is 0 Å². The Balaban J connectivity index is 1.76. The lowest BCUT2D eigenvalue weighted by molar-refractivity contribution is 0.235. The Morgan fingerprint density at radius 2 is 1.88 bits per heavy atom. The lowest BCUT2D eigenvalue weighted by Crippen LogP contribution is -2.22. The first-order valence-electron chi connectivity index (χ1n) is 9.07. The van der Waals surface area contributed by atoms with E-state index >= 15 is 0 Å². The van der Waals surface area contributed by atoms with E-state index in [1.54, 1.807) is 0 Å². The average molecular weight is 362 g/mol. The van der Waals surface area contributed by atoms with Crippen molar-refractivity contribution in [2.24, 2.45) is 0 Å². The second kappa shape index (κ2) is 10.9. The van der Waals surface area contributed by atoms with E-state index < -0.39 is 0 Å². The first-order valence-corrected chi connectivity index (χ1v) is 9.44. The monoisotopic (exact) mass is 361 g/mol. The van der Waals surface area contributed by atoms with Crippen LogP contribution in [0, 0.1) is 0 Å². The molecule has 0 fully saturated rings. The molecule has 0 aliphatic rings. The summed E-state index contributed by atoms with van der Waals surface area (Å²) in [4.78, 5) is 0. The molecular weight excluding hydrogens is 334 g/mol. The van der Waals surface area contributed by atoms with Gasteiger partial charge in [-0.15, -0.1) is 0 Å². The molecule has 2 rings (SSSR count). The summed E-state index contributed by atoms with van der Waals surface area (Å²) < 4.78 is 11.7. The minimum absolute atomic E-state index is 0.00137. The third kappa shape index (κ3) is 7.27. The van der Waals surface area contributed by atoms with Crippen LogP contribution in [0.3, 0.4) is 0 Å². The minimum Gasteiger partial charge on any atom is -0.494 e. The maximum absolute atomic E-state index is 6.12. The summed E-state index contributed by atoms with van der Waals surface area (Å²) in [5.74, 6) is 1.61. The van der Waals surface area contributed by atoms with Crippen LogP contribution >= 0.6 is 11.6 Å². The van der Waals surface area contributed by atoms with Crippen LogP contribution in [0.4, 0.5) is 5.69 Å². The van der Waals surface area contributed by atoms with Crippen molar-refractivity contribution in [3.05, 3.63) is 53.6 Å². The van der Waals surface area contributed by atoms with Gasteiger partial charge < -0.3 is 14.8 Å². The minimum atomic E-state index is -0.00137. The molecule has 25 heavy (non-hydrogen) atoms. The highest BCUT2D eigenvalue weighted by molar-refractivity contribution is 6.32. The molecule has 1 atom stereocenters. The molecular formula is C21H28ClNO2. The summed E-state index contributed by atoms with van der Waals surface area (Å²) in [7, 11) is 0. The third-order valence-corrected chi connectivity index (χ3v) is 4.17. The molecule has 136 valence electrons. The van der Waals surface area contributed by atoms with E-state index in [-0.39, 0.29) is 6.10 Å². The number of anilines is 1. The van der Waals surface area contributed by atoms with Gasteiger partial charge in [0, 0.05) is 11.8 Å². The predicted octanol–water partition coefficient (Wildman–Crippen LogP) is 6.18. The summed E-state index contributed by atoms with van der Waals surface area (Å²) in [5.41, 5.74) is 1.03. The number of para-hydroxylation sites is 1. The number of hydrogen-bond donors (Lipinski definition) is 1. The maximum Gasteiger partial charge on any atom is 0.138 e. The number of rotatable bonds is 11. The van der Waals surface area contributed by atoms with Gasteiger partial charge in [0.05, 0.1) is 18.2 Å². The zero-order chi connectivity index (χ0) is 17.9. The Kier molecular flexibility index (Phi) is 8.47. The van der Waals surface area contributed by atoms with Crippen LogP contribution in [0.5, 0.6) is 11.5 Å². The van der Waals surface area contributed by atoms with E-state index in [1.165, 1.54) is 19.3 Å². The van der Waals surface area contributed by atoms with Gasteiger partial charge in [0.1, 0.15) is 17.6 Å². The van der Waals surface area contributed by atoms with Gasteiger partial charge in [-0.3, -0.25) is 0 Å². The van der Waals surface area contributed by atoms with Crippen LogP contribution in [0.2, 0.25) is 5.02 Å². The molecule has 0 heterocycles. The van der Waals surface area contributed by atoms with E-state index in [1.807, 2.05) is 55.5 Å². The van der Waals surface area contributed by atoms with Crippen LogP contribution in [-0.4, -0.2) is 19.3 Å². The molecule has 1 unspecified atom stereocenters. The molecule has 0 aliphatic heterocycles. The predicted molar refractivity (Wildman–Crippen MR) is 106 cm³/mol. The maximum atomic E-state index is 6.12. The van der Waals surface area contributed by atoms with Crippen molar-refractivity contribution < 1.29 is 9.47 Å². The second-order valence-corrected chi connectivity index (χ2v) is 6.58. The third-order valence-electron chi connectivity index (χ3n) is 3.86. The zero-order valence-electron chi connectivity index (χ0n) is 15.1. The standard InChI is InChI=1S/C21H28ClNO2/c1-3-4-5-8-14-24-19-11-9-10-18(15-19)23-16-17(2)25-21-13-7-6-12-20(21)22/h6-7,9-13,15,17,23H,3-5,8,14,16H2,1-2H3. The highest BCUT2D eigenvalue weighted by Crippen LogP contribution is 2.24. The molecule has 0 spiro atoms. The molecule has 1 N–H and O–H groups in total. The van der Waals surface area contributed by atoms with Gasteiger partial charge in [0.15, 0.2) is 0 Å². The van der Waals surface area contributed by atoms with Crippen molar-refractivity contribution in [1.82, 2.24) is 0 Å². The fraction of sp³-hybridized carbons (Fsp3) is 0.429. The molecule has 0 bridgehead atoms. The van der Waals surface area contributed by atoms with Crippen molar-refractivity contribution in [1.29, 1.82) is 0 Å². The van der Waals surface area contributed by atoms with Crippen molar-refractivity contribution >= 4 is 17.3 Å². The van der Waals surface area contributed by atoms with Crippen LogP contribution in [0.1, 0.15) is 39.5 Å². The highest BCUT2D eigenvalue weighted by atomic mass is 35.5. The zero-order valence-corrected chi connectivity index (χ0v) is 15.9. The Morgan fingerprint density at radius 3 is 2.68 bits per heavy atom. The fourth-order valence-electron chi connectivity index (χ4n) is 2.48. The molecule has 0 amide bonds. The fourth-order valence-corrected chi connectivity index (χ4v) is 2.66. The number of nitrogens with one attached hydrogen (secondary N) is 1. The number of hydrogen-bond acceptors (Lipinski definition) is 3. The normalized spacial score (nSPS) is 11.8. The van der Waals surface area contributed by atoms with Crippen molar-refractivity contribution in [2.45, 2.75) is 45.6 Å². The van der Waals surface area contributed by atoms with E-state index in [4.69, 9.17) is 21.1 Å². The Bertz CT molecular complexity index is 633. The summed E-state index contributed by atoms with van der Waals surface area (Å²) in [6.45, 7) is 5.69. The molecule has 0 saturated heterocycles. The lowest BCUT2D eigenvalue weighted by Gasteiger charge is -2.17. The molecule has 3 nitrogen and oxygen atoms in total. The van der Waals surface area contributed by atoms with E-state index in [9.17, 15) is 0 Å². The number of ether oxygens (including phenoxy) is 2. The molecule has 0 aliphatic carbocycles. The number of halogens is 1. The average Bonchev–Trinajstić information content (AvgIpc) is 2.62. The smallest absolute Gasteiger partial charge is 0.138 e. The molecule has 4 heteroatoms. The van der Waals surface area contributed by atoms with Crippen LogP contribution in [0.15, 0.2) is 48.5 Å².